The van der Waals surface area contributed by atoms with E-state index in [4.69, 9.17) is 12.2 Å². The SMILES string of the molecule is O=C(NCc1ccccc1)c1ccccc1CCn1c(-c2ccccc2)n[nH]c1=S. The van der Waals surface area contributed by atoms with Gasteiger partial charge in [0.05, 0.1) is 0 Å². The number of hydrogen-bond acceptors (Lipinski definition) is 3. The highest BCUT2D eigenvalue weighted by Gasteiger charge is 2.13. The highest BCUT2D eigenvalue weighted by Crippen LogP contribution is 2.18. The average molecular weight is 415 g/mol. The van der Waals surface area contributed by atoms with E-state index >= 15 is 0 Å². The Morgan fingerprint density at radius 3 is 2.37 bits per heavy atom. The van der Waals surface area contributed by atoms with E-state index in [1.807, 2.05) is 89.5 Å². The molecule has 0 radical (unpaired) electrons. The maximum absolute atomic E-state index is 12.8. The van der Waals surface area contributed by atoms with Gasteiger partial charge in [0.15, 0.2) is 10.6 Å². The van der Waals surface area contributed by atoms with Gasteiger partial charge in [-0.15, -0.1) is 0 Å². The van der Waals surface area contributed by atoms with Gasteiger partial charge in [-0.2, -0.15) is 5.10 Å². The highest BCUT2D eigenvalue weighted by atomic mass is 32.1. The maximum atomic E-state index is 12.8. The van der Waals surface area contributed by atoms with Crippen LogP contribution in [0.3, 0.4) is 0 Å². The summed E-state index contributed by atoms with van der Waals surface area (Å²) < 4.78 is 2.54. The van der Waals surface area contributed by atoms with Crippen LogP contribution in [-0.2, 0) is 19.5 Å². The van der Waals surface area contributed by atoms with Gasteiger partial charge < -0.3 is 5.32 Å². The minimum atomic E-state index is -0.0754. The fourth-order valence-electron chi connectivity index (χ4n) is 3.40. The molecule has 30 heavy (non-hydrogen) atoms. The number of amides is 1. The third kappa shape index (κ3) is 4.55. The lowest BCUT2D eigenvalue weighted by molar-refractivity contribution is 0.0950. The molecule has 0 aliphatic rings. The molecule has 1 aromatic heterocycles. The molecule has 0 aliphatic heterocycles. The molecule has 0 spiro atoms. The number of H-pyrrole nitrogens is 1. The van der Waals surface area contributed by atoms with Crippen molar-refractivity contribution in [2.75, 3.05) is 0 Å². The van der Waals surface area contributed by atoms with Crippen LogP contribution in [0, 0.1) is 4.77 Å². The fourth-order valence-corrected chi connectivity index (χ4v) is 3.62. The van der Waals surface area contributed by atoms with Gasteiger partial charge in [0.2, 0.25) is 0 Å². The van der Waals surface area contributed by atoms with Gasteiger partial charge in [-0.05, 0) is 35.8 Å². The monoisotopic (exact) mass is 414 g/mol. The number of nitrogens with zero attached hydrogens (tertiary/aromatic N) is 2. The first-order chi connectivity index (χ1) is 14.7. The number of carbonyl (C=O) groups excluding carboxylic acids is 1. The lowest BCUT2D eigenvalue weighted by Gasteiger charge is -2.12. The van der Waals surface area contributed by atoms with Crippen molar-refractivity contribution in [2.45, 2.75) is 19.5 Å². The van der Waals surface area contributed by atoms with E-state index in [1.54, 1.807) is 0 Å². The molecule has 0 atom stereocenters. The van der Waals surface area contributed by atoms with Crippen LogP contribution < -0.4 is 5.32 Å². The topological polar surface area (TPSA) is 62.7 Å². The van der Waals surface area contributed by atoms with Crippen LogP contribution in [0.25, 0.3) is 11.4 Å². The summed E-state index contributed by atoms with van der Waals surface area (Å²) in [7, 11) is 0. The van der Waals surface area contributed by atoms with Crippen LogP contribution in [0.2, 0.25) is 0 Å². The number of aryl methyl sites for hydroxylation is 1. The molecule has 1 amide bonds. The van der Waals surface area contributed by atoms with Gasteiger partial charge in [0.1, 0.15) is 0 Å². The molecule has 0 aliphatic carbocycles. The summed E-state index contributed by atoms with van der Waals surface area (Å²) in [6.45, 7) is 1.13. The molecular formula is C24H22N4OS. The highest BCUT2D eigenvalue weighted by molar-refractivity contribution is 7.71. The zero-order chi connectivity index (χ0) is 20.8. The number of aromatic nitrogens is 3. The summed E-state index contributed by atoms with van der Waals surface area (Å²) in [4.78, 5) is 12.8. The molecule has 3 aromatic carbocycles. The Morgan fingerprint density at radius 1 is 0.933 bits per heavy atom. The van der Waals surface area contributed by atoms with Crippen molar-refractivity contribution in [2.24, 2.45) is 0 Å². The number of aromatic amines is 1. The summed E-state index contributed by atoms with van der Waals surface area (Å²) in [6.07, 6.45) is 0.669. The Balaban J connectivity index is 1.50. The summed E-state index contributed by atoms with van der Waals surface area (Å²) in [5.74, 6) is 0.722. The Labute approximate surface area is 180 Å². The Bertz CT molecular complexity index is 1180. The van der Waals surface area contributed by atoms with Crippen LogP contribution in [0.15, 0.2) is 84.9 Å². The normalized spacial score (nSPS) is 10.7. The number of nitrogens with one attached hydrogen (secondary N) is 2. The Kier molecular flexibility index (Phi) is 6.15. The minimum absolute atomic E-state index is 0.0754. The van der Waals surface area contributed by atoms with Gasteiger partial charge in [0, 0.05) is 24.2 Å². The fraction of sp³-hybridized carbons (Fsp3) is 0.125. The van der Waals surface area contributed by atoms with Crippen molar-refractivity contribution in [3.05, 3.63) is 106 Å². The second-order valence-corrected chi connectivity index (χ2v) is 7.33. The average Bonchev–Trinajstić information content (AvgIpc) is 3.18. The number of hydrogen-bond donors (Lipinski definition) is 2. The third-order valence-electron chi connectivity index (χ3n) is 4.95. The van der Waals surface area contributed by atoms with Crippen molar-refractivity contribution < 1.29 is 4.79 Å². The molecule has 0 saturated carbocycles. The zero-order valence-corrected chi connectivity index (χ0v) is 17.2. The van der Waals surface area contributed by atoms with E-state index in [2.05, 4.69) is 15.5 Å². The van der Waals surface area contributed by atoms with Crippen LogP contribution in [0.5, 0.6) is 0 Å². The molecule has 0 fully saturated rings. The van der Waals surface area contributed by atoms with Crippen molar-refractivity contribution in [3.63, 3.8) is 0 Å². The van der Waals surface area contributed by atoms with Crippen LogP contribution in [-0.4, -0.2) is 20.7 Å². The first-order valence-corrected chi connectivity index (χ1v) is 10.2. The zero-order valence-electron chi connectivity index (χ0n) is 16.4. The predicted octanol–water partition coefficient (Wildman–Crippen LogP) is 4.78. The number of benzene rings is 3. The van der Waals surface area contributed by atoms with E-state index in [9.17, 15) is 4.79 Å². The summed E-state index contributed by atoms with van der Waals surface area (Å²) in [5.41, 5.74) is 3.73. The molecule has 2 N–H and O–H groups in total. The summed E-state index contributed by atoms with van der Waals surface area (Å²) in [6, 6.07) is 27.5. The van der Waals surface area contributed by atoms with Crippen LogP contribution >= 0.6 is 12.2 Å². The van der Waals surface area contributed by atoms with E-state index in [0.717, 1.165) is 22.5 Å². The lowest BCUT2D eigenvalue weighted by atomic mass is 10.0. The molecule has 0 saturated heterocycles. The molecule has 6 heteroatoms. The second-order valence-electron chi connectivity index (χ2n) is 6.95. The quantitative estimate of drug-likeness (QED) is 0.428. The second kappa shape index (κ2) is 9.33. The molecule has 4 rings (SSSR count). The molecular weight excluding hydrogens is 392 g/mol. The van der Waals surface area contributed by atoms with Gasteiger partial charge >= 0.3 is 0 Å². The molecule has 0 unspecified atom stereocenters. The van der Waals surface area contributed by atoms with Gasteiger partial charge in [-0.1, -0.05) is 78.9 Å². The Hall–Kier alpha value is -3.51. The molecule has 4 aromatic rings. The third-order valence-corrected chi connectivity index (χ3v) is 5.26. The molecule has 1 heterocycles. The van der Waals surface area contributed by atoms with Crippen LogP contribution in [0.1, 0.15) is 21.5 Å². The molecule has 5 nitrogen and oxygen atoms in total. The van der Waals surface area contributed by atoms with Gasteiger partial charge in [0.25, 0.3) is 5.91 Å². The van der Waals surface area contributed by atoms with Crippen molar-refractivity contribution >= 4 is 18.1 Å². The first-order valence-electron chi connectivity index (χ1n) is 9.83. The predicted molar refractivity (Wildman–Crippen MR) is 121 cm³/mol. The summed E-state index contributed by atoms with van der Waals surface area (Å²) >= 11 is 5.43. The minimum Gasteiger partial charge on any atom is -0.348 e. The first kappa shape index (κ1) is 19.8. The van der Waals surface area contributed by atoms with E-state index in [1.165, 1.54) is 0 Å². The summed E-state index contributed by atoms with van der Waals surface area (Å²) in [5, 5.41) is 10.3. The van der Waals surface area contributed by atoms with E-state index < -0.39 is 0 Å². The van der Waals surface area contributed by atoms with Crippen molar-refractivity contribution in [3.8, 4) is 11.4 Å². The largest absolute Gasteiger partial charge is 0.348 e. The van der Waals surface area contributed by atoms with Crippen molar-refractivity contribution in [1.29, 1.82) is 0 Å². The smallest absolute Gasteiger partial charge is 0.251 e. The number of rotatable bonds is 7. The number of carbonyl (C=O) groups is 1. The van der Waals surface area contributed by atoms with E-state index in [0.29, 0.717) is 29.8 Å². The van der Waals surface area contributed by atoms with E-state index in [-0.39, 0.29) is 5.91 Å². The van der Waals surface area contributed by atoms with Crippen molar-refractivity contribution in [1.82, 2.24) is 20.1 Å². The lowest BCUT2D eigenvalue weighted by Crippen LogP contribution is -2.24. The maximum Gasteiger partial charge on any atom is 0.251 e. The van der Waals surface area contributed by atoms with Gasteiger partial charge in [-0.25, -0.2) is 0 Å². The molecule has 150 valence electrons. The Morgan fingerprint density at radius 2 is 1.60 bits per heavy atom. The van der Waals surface area contributed by atoms with Crippen LogP contribution in [0.4, 0.5) is 0 Å². The molecule has 0 bridgehead atoms. The standard InChI is InChI=1S/C24H22N4OS/c29-23(25-17-18-9-3-1-4-10-18)21-14-8-7-11-19(21)15-16-28-22(26-27-24(28)30)20-12-5-2-6-13-20/h1-14H,15-17H2,(H,25,29)(H,27,30). The van der Waals surface area contributed by atoms with Gasteiger partial charge in [-0.3, -0.25) is 14.5 Å².